The van der Waals surface area contributed by atoms with E-state index in [0.717, 1.165) is 5.56 Å². The van der Waals surface area contributed by atoms with Crippen LogP contribution >= 0.6 is 0 Å². The molecule has 0 amide bonds. The second kappa shape index (κ2) is 5.76. The third-order valence-corrected chi connectivity index (χ3v) is 3.53. The molecule has 4 rings (SSSR count). The van der Waals surface area contributed by atoms with Crippen LogP contribution in [-0.2, 0) is 20.8 Å². The van der Waals surface area contributed by atoms with Gasteiger partial charge < -0.3 is 14.2 Å². The minimum Gasteiger partial charge on any atom is -0.370 e. The Morgan fingerprint density at radius 1 is 1.40 bits per heavy atom. The highest BCUT2D eigenvalue weighted by atomic mass is 19.1. The summed E-state index contributed by atoms with van der Waals surface area (Å²) in [6.07, 6.45) is -3.50. The van der Waals surface area contributed by atoms with Crippen LogP contribution in [0.3, 0.4) is 0 Å². The zero-order valence-electron chi connectivity index (χ0n) is 10.6. The van der Waals surface area contributed by atoms with Gasteiger partial charge in [-0.25, -0.2) is 4.39 Å². The van der Waals surface area contributed by atoms with Gasteiger partial charge in [-0.1, -0.05) is 35.4 Å². The van der Waals surface area contributed by atoms with Crippen molar-refractivity contribution in [2.24, 2.45) is 5.11 Å². The molecule has 3 aliphatic heterocycles. The molecule has 20 heavy (non-hydrogen) atoms. The third kappa shape index (κ3) is 2.48. The zero-order valence-corrected chi connectivity index (χ0v) is 10.6. The lowest BCUT2D eigenvalue weighted by Crippen LogP contribution is -2.63. The van der Waals surface area contributed by atoms with Crippen LogP contribution in [0.2, 0.25) is 0 Å². The molecule has 3 fully saturated rings. The molecule has 3 heterocycles. The van der Waals surface area contributed by atoms with Crippen LogP contribution in [0.15, 0.2) is 35.4 Å². The molecule has 0 radical (unpaired) electrons. The van der Waals surface area contributed by atoms with E-state index in [1.807, 2.05) is 30.3 Å². The van der Waals surface area contributed by atoms with Gasteiger partial charge in [0.1, 0.15) is 12.2 Å². The Bertz CT molecular complexity index is 509. The third-order valence-electron chi connectivity index (χ3n) is 3.53. The number of alkyl halides is 1. The fourth-order valence-electron chi connectivity index (χ4n) is 2.56. The molecule has 0 aliphatic carbocycles. The summed E-state index contributed by atoms with van der Waals surface area (Å²) in [7, 11) is 0. The predicted molar refractivity (Wildman–Crippen MR) is 67.5 cm³/mol. The Morgan fingerprint density at radius 2 is 2.20 bits per heavy atom. The molecule has 3 aliphatic rings. The summed E-state index contributed by atoms with van der Waals surface area (Å²) in [5.41, 5.74) is 9.61. The summed E-state index contributed by atoms with van der Waals surface area (Å²) in [5, 5.41) is 3.62. The molecule has 0 saturated carbocycles. The van der Waals surface area contributed by atoms with Crippen molar-refractivity contribution >= 4 is 0 Å². The molecule has 1 aromatic carbocycles. The van der Waals surface area contributed by atoms with Gasteiger partial charge in [-0.05, 0) is 11.1 Å². The fourth-order valence-corrected chi connectivity index (χ4v) is 2.56. The van der Waals surface area contributed by atoms with Gasteiger partial charge in [0.25, 0.3) is 0 Å². The Morgan fingerprint density at radius 3 is 2.90 bits per heavy atom. The number of benzene rings is 1. The first-order chi connectivity index (χ1) is 9.79. The number of fused-ring (bicyclic) bond motifs is 3. The van der Waals surface area contributed by atoms with Gasteiger partial charge in [0.05, 0.1) is 25.4 Å². The molecular weight excluding hydrogens is 265 g/mol. The highest BCUT2D eigenvalue weighted by Gasteiger charge is 2.51. The SMILES string of the molecule is [N-]=[N+]=N[C@H]1[C@@H](OCc2ccccc2)[C@H]2CO[C@@H]1[C@H](F)O2. The topological polar surface area (TPSA) is 76.5 Å². The van der Waals surface area contributed by atoms with Crippen molar-refractivity contribution in [1.82, 2.24) is 0 Å². The Labute approximate surface area is 115 Å². The lowest BCUT2D eigenvalue weighted by atomic mass is 9.94. The monoisotopic (exact) mass is 279 g/mol. The molecule has 2 bridgehead atoms. The highest BCUT2D eigenvalue weighted by molar-refractivity contribution is 5.13. The molecule has 0 spiro atoms. The number of nitrogens with zero attached hydrogens (tertiary/aromatic N) is 3. The van der Waals surface area contributed by atoms with E-state index in [1.165, 1.54) is 0 Å². The Balaban J connectivity index is 1.72. The zero-order chi connectivity index (χ0) is 13.9. The number of rotatable bonds is 4. The van der Waals surface area contributed by atoms with Crippen LogP contribution in [-0.4, -0.2) is 37.3 Å². The molecule has 0 unspecified atom stereocenters. The van der Waals surface area contributed by atoms with Crippen LogP contribution in [0.4, 0.5) is 4.39 Å². The number of hydrogen-bond donors (Lipinski definition) is 0. The second-order valence-electron chi connectivity index (χ2n) is 4.78. The van der Waals surface area contributed by atoms with Crippen LogP contribution < -0.4 is 0 Å². The Kier molecular flexibility index (Phi) is 3.84. The molecule has 7 heteroatoms. The van der Waals surface area contributed by atoms with E-state index in [-0.39, 0.29) is 6.61 Å². The van der Waals surface area contributed by atoms with E-state index in [0.29, 0.717) is 6.61 Å². The first kappa shape index (κ1) is 13.3. The number of azide groups is 1. The fraction of sp³-hybridized carbons (Fsp3) is 0.538. The van der Waals surface area contributed by atoms with E-state index in [2.05, 4.69) is 10.0 Å². The van der Waals surface area contributed by atoms with Gasteiger partial charge >= 0.3 is 0 Å². The van der Waals surface area contributed by atoms with Gasteiger partial charge in [0, 0.05) is 4.91 Å². The Hall–Kier alpha value is -1.66. The molecule has 0 aromatic heterocycles. The average Bonchev–Trinajstić information content (AvgIpc) is 2.48. The minimum atomic E-state index is -1.57. The summed E-state index contributed by atoms with van der Waals surface area (Å²) in [5.74, 6) is 0. The highest BCUT2D eigenvalue weighted by Crippen LogP contribution is 2.34. The first-order valence-electron chi connectivity index (χ1n) is 6.40. The minimum absolute atomic E-state index is 0.252. The average molecular weight is 279 g/mol. The van der Waals surface area contributed by atoms with Crippen molar-refractivity contribution in [3.05, 3.63) is 46.3 Å². The van der Waals surface area contributed by atoms with Gasteiger partial charge in [-0.3, -0.25) is 0 Å². The van der Waals surface area contributed by atoms with Gasteiger partial charge in [-0.2, -0.15) is 0 Å². The number of halogens is 1. The van der Waals surface area contributed by atoms with E-state index >= 15 is 0 Å². The van der Waals surface area contributed by atoms with Crippen LogP contribution in [0.25, 0.3) is 10.4 Å². The maximum atomic E-state index is 13.6. The largest absolute Gasteiger partial charge is 0.370 e. The van der Waals surface area contributed by atoms with Crippen LogP contribution in [0, 0.1) is 0 Å². The van der Waals surface area contributed by atoms with Gasteiger partial charge in [0.2, 0.25) is 6.36 Å². The molecule has 106 valence electrons. The van der Waals surface area contributed by atoms with Crippen molar-refractivity contribution in [1.29, 1.82) is 0 Å². The molecule has 5 atom stereocenters. The maximum absolute atomic E-state index is 13.6. The van der Waals surface area contributed by atoms with E-state index in [4.69, 9.17) is 19.7 Å². The normalized spacial score (nSPS) is 35.5. The standard InChI is InChI=1S/C13H14FN3O3/c14-13-12-10(16-17-15)11(9(20-13)7-19-12)18-6-8-4-2-1-3-5-8/h1-5,9-13H,6-7H2/t9-,10+,11+,12+,13-/m1/s1. The van der Waals surface area contributed by atoms with Crippen molar-refractivity contribution in [2.45, 2.75) is 37.3 Å². The first-order valence-corrected chi connectivity index (χ1v) is 6.40. The summed E-state index contributed by atoms with van der Waals surface area (Å²) in [6, 6.07) is 8.89. The van der Waals surface area contributed by atoms with Crippen LogP contribution in [0.1, 0.15) is 5.56 Å². The summed E-state index contributed by atoms with van der Waals surface area (Å²) >= 11 is 0. The molecule has 6 nitrogen and oxygen atoms in total. The second-order valence-corrected chi connectivity index (χ2v) is 4.78. The van der Waals surface area contributed by atoms with Crippen molar-refractivity contribution in [3.63, 3.8) is 0 Å². The van der Waals surface area contributed by atoms with E-state index in [9.17, 15) is 4.39 Å². The smallest absolute Gasteiger partial charge is 0.226 e. The van der Waals surface area contributed by atoms with Crippen molar-refractivity contribution in [3.8, 4) is 0 Å². The molecular formula is C13H14FN3O3. The van der Waals surface area contributed by atoms with Crippen LogP contribution in [0.5, 0.6) is 0 Å². The summed E-state index contributed by atoms with van der Waals surface area (Å²) in [6.45, 7) is 0.606. The molecule has 1 aromatic rings. The lowest BCUT2D eigenvalue weighted by Gasteiger charge is -2.47. The van der Waals surface area contributed by atoms with Gasteiger partial charge in [0.15, 0.2) is 0 Å². The quantitative estimate of drug-likeness (QED) is 0.482. The van der Waals surface area contributed by atoms with Crippen molar-refractivity contribution < 1.29 is 18.6 Å². The number of hydrogen-bond acceptors (Lipinski definition) is 4. The maximum Gasteiger partial charge on any atom is 0.226 e. The summed E-state index contributed by atoms with van der Waals surface area (Å²) in [4.78, 5) is 2.76. The van der Waals surface area contributed by atoms with Gasteiger partial charge in [-0.15, -0.1) is 0 Å². The lowest BCUT2D eigenvalue weighted by molar-refractivity contribution is -0.303. The van der Waals surface area contributed by atoms with E-state index in [1.54, 1.807) is 0 Å². The predicted octanol–water partition coefficient (Wildman–Crippen LogP) is 2.34. The van der Waals surface area contributed by atoms with Crippen molar-refractivity contribution in [2.75, 3.05) is 6.61 Å². The molecule has 0 N–H and O–H groups in total. The molecule has 3 saturated heterocycles. The van der Waals surface area contributed by atoms with E-state index < -0.39 is 30.7 Å². The number of ether oxygens (including phenoxy) is 3. The summed E-state index contributed by atoms with van der Waals surface area (Å²) < 4.78 is 29.8.